The molecule has 1 fully saturated rings. The van der Waals surface area contributed by atoms with Crippen molar-refractivity contribution < 1.29 is 0 Å². The van der Waals surface area contributed by atoms with E-state index in [4.69, 9.17) is 11.6 Å². The lowest BCUT2D eigenvalue weighted by Gasteiger charge is -2.43. The van der Waals surface area contributed by atoms with Crippen molar-refractivity contribution in [3.05, 3.63) is 59.4 Å². The van der Waals surface area contributed by atoms with Crippen LogP contribution in [0.25, 0.3) is 0 Å². The van der Waals surface area contributed by atoms with E-state index in [2.05, 4.69) is 16.4 Å². The zero-order valence-electron chi connectivity index (χ0n) is 10.9. The zero-order chi connectivity index (χ0) is 14.0. The van der Waals surface area contributed by atoms with Gasteiger partial charge >= 0.3 is 0 Å². The number of nitrogens with one attached hydrogen (secondary N) is 1. The first-order valence-electron chi connectivity index (χ1n) is 6.56. The first-order valence-corrected chi connectivity index (χ1v) is 6.94. The van der Waals surface area contributed by atoms with Gasteiger partial charge in [0.05, 0.1) is 28.4 Å². The summed E-state index contributed by atoms with van der Waals surface area (Å²) in [6.07, 6.45) is 4.96. The summed E-state index contributed by atoms with van der Waals surface area (Å²) >= 11 is 6.10. The second kappa shape index (κ2) is 5.15. The summed E-state index contributed by atoms with van der Waals surface area (Å²) in [5, 5.41) is 13.5. The van der Waals surface area contributed by atoms with E-state index in [1.165, 1.54) is 0 Å². The van der Waals surface area contributed by atoms with Crippen molar-refractivity contribution in [2.45, 2.75) is 24.3 Å². The number of pyridine rings is 1. The van der Waals surface area contributed by atoms with Gasteiger partial charge in [-0.15, -0.1) is 0 Å². The fourth-order valence-electron chi connectivity index (χ4n) is 2.74. The number of nitriles is 1. The number of nitrogens with zero attached hydrogens (tertiary/aromatic N) is 2. The van der Waals surface area contributed by atoms with Gasteiger partial charge in [-0.05, 0) is 24.5 Å². The highest BCUT2D eigenvalue weighted by molar-refractivity contribution is 6.33. The summed E-state index contributed by atoms with van der Waals surface area (Å²) in [5.74, 6) is 0. The van der Waals surface area contributed by atoms with Crippen LogP contribution in [-0.4, -0.2) is 11.0 Å². The first-order chi connectivity index (χ1) is 9.73. The van der Waals surface area contributed by atoms with Crippen molar-refractivity contribution in [2.75, 3.05) is 5.32 Å². The normalized spacial score (nSPS) is 24.5. The fourth-order valence-corrected chi connectivity index (χ4v) is 2.90. The van der Waals surface area contributed by atoms with E-state index in [1.807, 2.05) is 30.3 Å². The molecule has 1 heterocycles. The van der Waals surface area contributed by atoms with Crippen molar-refractivity contribution >= 4 is 17.3 Å². The first kappa shape index (κ1) is 13.0. The number of aromatic nitrogens is 1. The highest BCUT2D eigenvalue weighted by atomic mass is 35.5. The maximum Gasteiger partial charge on any atom is 0.0861 e. The molecule has 3 rings (SSSR count). The minimum atomic E-state index is -0.367. The number of halogens is 1. The average molecular weight is 284 g/mol. The third-order valence-electron chi connectivity index (χ3n) is 3.86. The summed E-state index contributed by atoms with van der Waals surface area (Å²) in [4.78, 5) is 4.06. The van der Waals surface area contributed by atoms with E-state index >= 15 is 0 Å². The van der Waals surface area contributed by atoms with Crippen LogP contribution in [0.15, 0.2) is 48.8 Å². The molecule has 0 radical (unpaired) electrons. The van der Waals surface area contributed by atoms with E-state index < -0.39 is 0 Å². The van der Waals surface area contributed by atoms with Gasteiger partial charge in [0.25, 0.3) is 0 Å². The molecule has 1 aliphatic carbocycles. The largest absolute Gasteiger partial charge is 0.380 e. The third-order valence-corrected chi connectivity index (χ3v) is 4.19. The maximum atomic E-state index is 9.51. The molecule has 100 valence electrons. The van der Waals surface area contributed by atoms with Crippen LogP contribution in [-0.2, 0) is 5.41 Å². The molecular weight excluding hydrogens is 270 g/mol. The van der Waals surface area contributed by atoms with Crippen LogP contribution in [0.5, 0.6) is 0 Å². The second-order valence-electron chi connectivity index (χ2n) is 5.16. The highest BCUT2D eigenvalue weighted by Gasteiger charge is 2.46. The Balaban J connectivity index is 1.72. The van der Waals surface area contributed by atoms with Crippen LogP contribution in [0.3, 0.4) is 0 Å². The Labute approximate surface area is 123 Å². The molecule has 1 saturated carbocycles. The molecule has 0 amide bonds. The van der Waals surface area contributed by atoms with Gasteiger partial charge in [-0.3, -0.25) is 4.98 Å². The summed E-state index contributed by atoms with van der Waals surface area (Å²) in [6, 6.07) is 14.5. The Hall–Kier alpha value is -2.05. The zero-order valence-corrected chi connectivity index (χ0v) is 11.6. The Morgan fingerprint density at radius 2 is 2.00 bits per heavy atom. The van der Waals surface area contributed by atoms with Crippen LogP contribution in [0.1, 0.15) is 18.4 Å². The molecule has 0 spiro atoms. The number of rotatable bonds is 3. The van der Waals surface area contributed by atoms with Crippen molar-refractivity contribution in [1.82, 2.24) is 4.98 Å². The van der Waals surface area contributed by atoms with Crippen molar-refractivity contribution in [3.63, 3.8) is 0 Å². The lowest BCUT2D eigenvalue weighted by molar-refractivity contribution is 0.289. The van der Waals surface area contributed by atoms with E-state index in [1.54, 1.807) is 18.5 Å². The van der Waals surface area contributed by atoms with Crippen molar-refractivity contribution in [1.29, 1.82) is 5.26 Å². The smallest absolute Gasteiger partial charge is 0.0861 e. The molecule has 0 bridgehead atoms. The molecule has 4 heteroatoms. The maximum absolute atomic E-state index is 9.51. The number of hydrogen-bond acceptors (Lipinski definition) is 3. The van der Waals surface area contributed by atoms with Crippen molar-refractivity contribution in [2.24, 2.45) is 0 Å². The van der Waals surface area contributed by atoms with Crippen LogP contribution in [0.4, 0.5) is 5.69 Å². The minimum Gasteiger partial charge on any atom is -0.380 e. The molecule has 0 unspecified atom stereocenters. The molecule has 3 nitrogen and oxygen atoms in total. The van der Waals surface area contributed by atoms with Crippen LogP contribution in [0.2, 0.25) is 5.02 Å². The second-order valence-corrected chi connectivity index (χ2v) is 5.57. The molecule has 1 aliphatic rings. The number of anilines is 1. The van der Waals surface area contributed by atoms with Gasteiger partial charge in [0.2, 0.25) is 0 Å². The molecule has 0 aliphatic heterocycles. The summed E-state index contributed by atoms with van der Waals surface area (Å²) in [7, 11) is 0. The Morgan fingerprint density at radius 1 is 1.25 bits per heavy atom. The fraction of sp³-hybridized carbons (Fsp3) is 0.250. The Morgan fingerprint density at radius 3 is 2.65 bits per heavy atom. The molecule has 0 atom stereocenters. The van der Waals surface area contributed by atoms with Gasteiger partial charge in [-0.1, -0.05) is 41.9 Å². The van der Waals surface area contributed by atoms with E-state index in [9.17, 15) is 5.26 Å². The topological polar surface area (TPSA) is 48.7 Å². The van der Waals surface area contributed by atoms with E-state index in [0.717, 1.165) is 24.1 Å². The lowest BCUT2D eigenvalue weighted by atomic mass is 9.62. The third kappa shape index (κ3) is 2.23. The molecular formula is C16H14ClN3. The number of benzene rings is 1. The van der Waals surface area contributed by atoms with E-state index in [-0.39, 0.29) is 11.5 Å². The van der Waals surface area contributed by atoms with Crippen molar-refractivity contribution in [3.8, 4) is 6.07 Å². The molecule has 1 N–H and O–H groups in total. The van der Waals surface area contributed by atoms with Gasteiger partial charge in [-0.2, -0.15) is 5.26 Å². The molecule has 20 heavy (non-hydrogen) atoms. The van der Waals surface area contributed by atoms with Gasteiger partial charge in [-0.25, -0.2) is 0 Å². The Bertz CT molecular complexity index is 642. The summed E-state index contributed by atoms with van der Waals surface area (Å²) in [5.41, 5.74) is 1.56. The summed E-state index contributed by atoms with van der Waals surface area (Å²) in [6.45, 7) is 0. The number of hydrogen-bond donors (Lipinski definition) is 1. The summed E-state index contributed by atoms with van der Waals surface area (Å²) < 4.78 is 0. The van der Waals surface area contributed by atoms with Crippen LogP contribution >= 0.6 is 11.6 Å². The molecule has 1 aromatic carbocycles. The molecule has 2 aromatic rings. The SMILES string of the molecule is N#CC1(c2ccccc2)CC(Nc2cnccc2Cl)C1. The standard InChI is InChI=1S/C16H14ClN3/c17-14-6-7-19-10-15(14)20-13-8-16(9-13,11-18)12-4-2-1-3-5-12/h1-7,10,13,20H,8-9H2. The predicted octanol–water partition coefficient (Wildman–Crippen LogP) is 3.77. The quantitative estimate of drug-likeness (QED) is 0.933. The lowest BCUT2D eigenvalue weighted by Crippen LogP contribution is -2.47. The predicted molar refractivity (Wildman–Crippen MR) is 79.6 cm³/mol. The van der Waals surface area contributed by atoms with Crippen LogP contribution in [0, 0.1) is 11.3 Å². The monoisotopic (exact) mass is 283 g/mol. The van der Waals surface area contributed by atoms with Gasteiger partial charge in [0.1, 0.15) is 0 Å². The van der Waals surface area contributed by atoms with Gasteiger partial charge < -0.3 is 5.32 Å². The average Bonchev–Trinajstić information content (AvgIpc) is 2.45. The Kier molecular flexibility index (Phi) is 3.33. The van der Waals surface area contributed by atoms with Crippen LogP contribution < -0.4 is 5.32 Å². The van der Waals surface area contributed by atoms with Gasteiger partial charge in [0, 0.05) is 12.2 Å². The minimum absolute atomic E-state index is 0.261. The highest BCUT2D eigenvalue weighted by Crippen LogP contribution is 2.44. The van der Waals surface area contributed by atoms with Gasteiger partial charge in [0.15, 0.2) is 0 Å². The molecule has 1 aromatic heterocycles. The molecule has 0 saturated heterocycles. The van der Waals surface area contributed by atoms with E-state index in [0.29, 0.717) is 5.02 Å².